The van der Waals surface area contributed by atoms with Gasteiger partial charge in [0.05, 0.1) is 0 Å². The van der Waals surface area contributed by atoms with Crippen LogP contribution in [0, 0.1) is 3.80 Å². The van der Waals surface area contributed by atoms with Gasteiger partial charge in [-0.1, -0.05) is 32.9 Å². The molecule has 8 aromatic carbocycles. The third-order valence-corrected chi connectivity index (χ3v) is 13.6. The summed E-state index contributed by atoms with van der Waals surface area (Å²) in [6.45, 7) is 6.71. The Labute approximate surface area is 386 Å². The van der Waals surface area contributed by atoms with E-state index in [0.717, 1.165) is 104 Å². The number of hydrogen-bond donors (Lipinski definition) is 0. The summed E-state index contributed by atoms with van der Waals surface area (Å²) in [5.41, 5.74) is 13.5. The number of rotatable bonds is 6. The summed E-state index contributed by atoms with van der Waals surface area (Å²) in [6, 6.07) is 68.3. The Bertz CT molecular complexity index is 3870. The summed E-state index contributed by atoms with van der Waals surface area (Å²) in [4.78, 5) is 4.91. The molecule has 0 aliphatic carbocycles. The number of hydrogen-bond acceptors (Lipinski definition) is 3. The van der Waals surface area contributed by atoms with Crippen LogP contribution < -0.4 is 4.74 Å². The number of pyridine rings is 1. The Balaban J connectivity index is 1.11. The Morgan fingerprint density at radius 3 is 1.83 bits per heavy atom. The van der Waals surface area contributed by atoms with Gasteiger partial charge in [0.2, 0.25) is 0 Å². The van der Waals surface area contributed by atoms with Gasteiger partial charge in [0, 0.05) is 6.20 Å². The second-order valence-corrected chi connectivity index (χ2v) is 18.5. The minimum absolute atomic E-state index is 0.0285. The van der Waals surface area contributed by atoms with Crippen molar-refractivity contribution in [3.63, 3.8) is 0 Å². The molecule has 0 saturated heterocycles. The Kier molecular flexibility index (Phi) is 9.22. The fraction of sp³-hybridized carbons (Fsp3) is 0.0690. The molecule has 4 heterocycles. The fourth-order valence-corrected chi connectivity index (χ4v) is 10.5. The first-order valence-corrected chi connectivity index (χ1v) is 23.0. The maximum absolute atomic E-state index is 6.92. The average molecular weight is 1020 g/mol. The Morgan fingerprint density at radius 2 is 1.09 bits per heavy atom. The first kappa shape index (κ1) is 39.1. The number of nitrogens with zero attached hydrogens (tertiary/aromatic N) is 4. The molecule has 0 bridgehead atoms. The first-order chi connectivity index (χ1) is 31.8. The van der Waals surface area contributed by atoms with Crippen molar-refractivity contribution in [2.24, 2.45) is 0 Å². The van der Waals surface area contributed by atoms with E-state index in [4.69, 9.17) is 14.1 Å². The minimum atomic E-state index is -0.0285. The number of ether oxygens (including phenoxy) is 1. The van der Waals surface area contributed by atoms with Gasteiger partial charge < -0.3 is 0 Å². The van der Waals surface area contributed by atoms with Gasteiger partial charge in [0.1, 0.15) is 0 Å². The molecule has 12 rings (SSSR count). The zero-order valence-corrected chi connectivity index (χ0v) is 38.2. The molecule has 0 radical (unpaired) electrons. The molecule has 0 aliphatic heterocycles. The van der Waals surface area contributed by atoms with Crippen molar-refractivity contribution in [2.45, 2.75) is 26.2 Å². The van der Waals surface area contributed by atoms with Gasteiger partial charge in [-0.3, -0.25) is 0 Å². The molecule has 6 nitrogen and oxygen atoms in total. The van der Waals surface area contributed by atoms with E-state index >= 15 is 0 Å². The van der Waals surface area contributed by atoms with Crippen LogP contribution in [0.3, 0.4) is 0 Å². The normalized spacial score (nSPS) is 12.0. The van der Waals surface area contributed by atoms with Crippen LogP contribution in [0.15, 0.2) is 205 Å². The van der Waals surface area contributed by atoms with Gasteiger partial charge in [-0.15, -0.1) is 0 Å². The average Bonchev–Trinajstić information content (AvgIpc) is 3.82. The summed E-state index contributed by atoms with van der Waals surface area (Å²) in [5.74, 6) is 2.28. The molecule has 0 N–H and O–H groups in total. The SMILES string of the molecule is CC(C)(C)c1ccnc(-n2c3ccccc3c3ccc(Oc4ccc5oc6ccccc6c6cccc7c6n([c](=[Pt])n7-c6c(-c7ccccc7)cccc6-c6ccccc6)c5c4)cc32)c1. The maximum atomic E-state index is 6.92. The molecule has 0 spiro atoms. The van der Waals surface area contributed by atoms with E-state index in [2.05, 4.69) is 230 Å². The van der Waals surface area contributed by atoms with Gasteiger partial charge in [-0.25, -0.2) is 0 Å². The third kappa shape index (κ3) is 6.51. The molecule has 0 saturated carbocycles. The molecular weight excluding hydrogens is 980 g/mol. The van der Waals surface area contributed by atoms with E-state index in [0.29, 0.717) is 5.75 Å². The van der Waals surface area contributed by atoms with E-state index in [1.807, 2.05) is 24.4 Å². The molecule has 65 heavy (non-hydrogen) atoms. The molecule has 4 aromatic heterocycles. The van der Waals surface area contributed by atoms with Crippen LogP contribution in [0.5, 0.6) is 11.5 Å². The van der Waals surface area contributed by atoms with Crippen molar-refractivity contribution in [1.29, 1.82) is 0 Å². The predicted molar refractivity (Wildman–Crippen MR) is 262 cm³/mol. The summed E-state index contributed by atoms with van der Waals surface area (Å²) in [7, 11) is 0. The Morgan fingerprint density at radius 1 is 0.492 bits per heavy atom. The number of aromatic nitrogens is 4. The van der Waals surface area contributed by atoms with Crippen molar-refractivity contribution in [2.75, 3.05) is 0 Å². The van der Waals surface area contributed by atoms with E-state index in [1.165, 1.54) is 5.56 Å². The van der Waals surface area contributed by atoms with Crippen molar-refractivity contribution in [3.8, 4) is 45.3 Å². The van der Waals surface area contributed by atoms with Crippen molar-refractivity contribution in [1.82, 2.24) is 18.5 Å². The zero-order valence-electron chi connectivity index (χ0n) is 36.0. The van der Waals surface area contributed by atoms with E-state index in [1.54, 1.807) is 0 Å². The molecule has 7 heteroatoms. The molecule has 316 valence electrons. The topological polar surface area (TPSA) is 49.5 Å². The monoisotopic (exact) mass is 1020 g/mol. The second-order valence-electron chi connectivity index (χ2n) is 17.5. The number of benzene rings is 8. The van der Waals surface area contributed by atoms with Gasteiger partial charge in [0.15, 0.2) is 0 Å². The van der Waals surface area contributed by atoms with Crippen molar-refractivity contribution >= 4 is 60.3 Å². The summed E-state index contributed by atoms with van der Waals surface area (Å²) in [5, 5.41) is 4.40. The van der Waals surface area contributed by atoms with Crippen LogP contribution in [-0.4, -0.2) is 18.5 Å². The number of para-hydroxylation sites is 4. The van der Waals surface area contributed by atoms with E-state index in [9.17, 15) is 0 Å². The van der Waals surface area contributed by atoms with E-state index < -0.39 is 0 Å². The van der Waals surface area contributed by atoms with Gasteiger partial charge in [-0.2, -0.15) is 0 Å². The molecule has 0 unspecified atom stereocenters. The molecule has 0 aliphatic rings. The second kappa shape index (κ2) is 15.3. The van der Waals surface area contributed by atoms with Crippen LogP contribution in [-0.2, 0) is 24.8 Å². The number of imidazole rings is 1. The van der Waals surface area contributed by atoms with Crippen LogP contribution in [0.2, 0.25) is 0 Å². The quantitative estimate of drug-likeness (QED) is 0.167. The summed E-state index contributed by atoms with van der Waals surface area (Å²) < 4.78 is 21.8. The number of fused-ring (bicyclic) bond motifs is 7. The standard InChI is InChI=1S/C58H42N4O2.Pt/c1-58(2,3)40-32-33-59-55(34-40)62-49-25-12-10-20-45(49)46-30-28-41(35-51(46)62)63-42-29-31-54-52(36-42)61-37-60(50-26-15-24-48(57(50)61)47-21-11-13-27-53(47)64-54)56-43(38-16-6-4-7-17-38)22-14-23-44(56)39-18-8-5-9-19-39;/h4-36H,1-3H3;. The molecule has 12 aromatic rings. The van der Waals surface area contributed by atoms with Gasteiger partial charge >= 0.3 is 332 Å². The third-order valence-electron chi connectivity index (χ3n) is 12.5. The van der Waals surface area contributed by atoms with Gasteiger partial charge in [-0.05, 0) is 17.0 Å². The van der Waals surface area contributed by atoms with Gasteiger partial charge in [0.25, 0.3) is 0 Å². The van der Waals surface area contributed by atoms with Crippen molar-refractivity contribution < 1.29 is 28.5 Å². The predicted octanol–water partition coefficient (Wildman–Crippen LogP) is 15.3. The van der Waals surface area contributed by atoms with E-state index in [-0.39, 0.29) is 5.41 Å². The summed E-state index contributed by atoms with van der Waals surface area (Å²) in [6.07, 6.45) is 1.92. The van der Waals surface area contributed by atoms with Crippen LogP contribution in [0.4, 0.5) is 0 Å². The van der Waals surface area contributed by atoms with Crippen LogP contribution in [0.25, 0.3) is 94.1 Å². The molecule has 0 amide bonds. The first-order valence-electron chi connectivity index (χ1n) is 21.9. The van der Waals surface area contributed by atoms with Crippen LogP contribution in [0.1, 0.15) is 26.3 Å². The van der Waals surface area contributed by atoms with Crippen LogP contribution >= 0.6 is 0 Å². The van der Waals surface area contributed by atoms with Crippen molar-refractivity contribution in [3.05, 3.63) is 210 Å². The molecule has 0 fully saturated rings. The molecular formula is C58H42N4O2Pt. The summed E-state index contributed by atoms with van der Waals surface area (Å²) >= 11 is 2.51. The molecule has 0 atom stereocenters. The fourth-order valence-electron chi connectivity index (χ4n) is 9.47. The Hall–Kier alpha value is -7.53. The zero-order chi connectivity index (χ0) is 43.8.